The van der Waals surface area contributed by atoms with Crippen molar-refractivity contribution >= 4 is 6.09 Å². The van der Waals surface area contributed by atoms with Gasteiger partial charge >= 0.3 is 6.09 Å². The van der Waals surface area contributed by atoms with Gasteiger partial charge in [0.25, 0.3) is 0 Å². The molecule has 0 saturated carbocycles. The molecule has 0 N–H and O–H groups in total. The summed E-state index contributed by atoms with van der Waals surface area (Å²) < 4.78 is 5.11. The van der Waals surface area contributed by atoms with E-state index in [9.17, 15) is 4.79 Å². The van der Waals surface area contributed by atoms with E-state index in [0.717, 1.165) is 38.3 Å². The molecule has 1 aliphatic rings. The van der Waals surface area contributed by atoms with Crippen LogP contribution in [-0.2, 0) is 4.74 Å². The van der Waals surface area contributed by atoms with Gasteiger partial charge in [-0.15, -0.1) is 0 Å². The van der Waals surface area contributed by atoms with Crippen molar-refractivity contribution in [2.24, 2.45) is 5.92 Å². The van der Waals surface area contributed by atoms with Crippen LogP contribution in [0.2, 0.25) is 0 Å². The smallest absolute Gasteiger partial charge is 0.409 e. The molecule has 1 fully saturated rings. The molecule has 0 aromatic heterocycles. The van der Waals surface area contributed by atoms with E-state index < -0.39 is 0 Å². The van der Waals surface area contributed by atoms with Gasteiger partial charge in [0, 0.05) is 13.1 Å². The molecule has 1 aliphatic heterocycles. The molecule has 1 rings (SSSR count). The van der Waals surface area contributed by atoms with Gasteiger partial charge < -0.3 is 9.64 Å². The van der Waals surface area contributed by atoms with Gasteiger partial charge in [-0.05, 0) is 25.2 Å². The van der Waals surface area contributed by atoms with Crippen molar-refractivity contribution in [1.82, 2.24) is 4.90 Å². The maximum atomic E-state index is 11.5. The van der Waals surface area contributed by atoms with Crippen molar-refractivity contribution in [2.45, 2.75) is 46.0 Å². The van der Waals surface area contributed by atoms with Gasteiger partial charge in [-0.1, -0.05) is 26.7 Å². The first-order chi connectivity index (χ1) is 7.27. The van der Waals surface area contributed by atoms with Crippen molar-refractivity contribution < 1.29 is 9.53 Å². The Morgan fingerprint density at radius 3 is 2.47 bits per heavy atom. The summed E-state index contributed by atoms with van der Waals surface area (Å²) in [4.78, 5) is 13.4. The highest BCUT2D eigenvalue weighted by Gasteiger charge is 2.22. The number of likely N-dealkylation sites (tertiary alicyclic amines) is 1. The third kappa shape index (κ3) is 4.10. The lowest BCUT2D eigenvalue weighted by molar-refractivity contribution is 0.0869. The van der Waals surface area contributed by atoms with Gasteiger partial charge in [0.15, 0.2) is 0 Å². The summed E-state index contributed by atoms with van der Waals surface area (Å²) in [5.74, 6) is 0.824. The summed E-state index contributed by atoms with van der Waals surface area (Å²) in [5, 5.41) is 0. The molecule has 0 unspecified atom stereocenters. The van der Waals surface area contributed by atoms with Crippen LogP contribution in [0.1, 0.15) is 46.0 Å². The Hall–Kier alpha value is -0.730. The van der Waals surface area contributed by atoms with Crippen molar-refractivity contribution in [2.75, 3.05) is 19.7 Å². The highest BCUT2D eigenvalue weighted by molar-refractivity contribution is 5.67. The fraction of sp³-hybridized carbons (Fsp3) is 0.917. The molecule has 1 heterocycles. The van der Waals surface area contributed by atoms with E-state index in [2.05, 4.69) is 6.92 Å². The van der Waals surface area contributed by atoms with Gasteiger partial charge in [0.1, 0.15) is 0 Å². The summed E-state index contributed by atoms with van der Waals surface area (Å²) in [7, 11) is 0. The van der Waals surface area contributed by atoms with E-state index >= 15 is 0 Å². The van der Waals surface area contributed by atoms with Crippen LogP contribution in [0.25, 0.3) is 0 Å². The molecule has 88 valence electrons. The van der Waals surface area contributed by atoms with Crippen molar-refractivity contribution in [1.29, 1.82) is 0 Å². The summed E-state index contributed by atoms with van der Waals surface area (Å²) >= 11 is 0. The first kappa shape index (κ1) is 12.3. The number of carbonyl (C=O) groups is 1. The van der Waals surface area contributed by atoms with Crippen LogP contribution < -0.4 is 0 Å². The van der Waals surface area contributed by atoms with Crippen molar-refractivity contribution in [3.63, 3.8) is 0 Å². The predicted molar refractivity (Wildman–Crippen MR) is 60.8 cm³/mol. The fourth-order valence-corrected chi connectivity index (χ4v) is 2.09. The van der Waals surface area contributed by atoms with Crippen molar-refractivity contribution in [3.05, 3.63) is 0 Å². The first-order valence-electron chi connectivity index (χ1n) is 6.19. The lowest BCUT2D eigenvalue weighted by Gasteiger charge is -2.31. The Bertz CT molecular complexity index is 186. The number of carbonyl (C=O) groups excluding carboxylic acids is 1. The molecule has 1 saturated heterocycles. The molecule has 0 spiro atoms. The summed E-state index contributed by atoms with van der Waals surface area (Å²) in [6.45, 7) is 6.55. The number of hydrogen-bond donors (Lipinski definition) is 0. The standard InChI is InChI=1S/C12H23NO2/c1-3-5-11-6-8-13(9-7-11)12(14)15-10-4-2/h11H,3-10H2,1-2H3. The minimum absolute atomic E-state index is 0.119. The molecule has 0 aromatic rings. The zero-order chi connectivity index (χ0) is 11.1. The maximum absolute atomic E-state index is 11.5. The first-order valence-corrected chi connectivity index (χ1v) is 6.19. The Morgan fingerprint density at radius 1 is 1.27 bits per heavy atom. The van der Waals surface area contributed by atoms with Crippen LogP contribution in [0.3, 0.4) is 0 Å². The highest BCUT2D eigenvalue weighted by Crippen LogP contribution is 2.21. The summed E-state index contributed by atoms with van der Waals surface area (Å²) in [6.07, 6.45) is 5.64. The minimum Gasteiger partial charge on any atom is -0.449 e. The molecule has 0 radical (unpaired) electrons. The third-order valence-corrected chi connectivity index (χ3v) is 3.00. The zero-order valence-electron chi connectivity index (χ0n) is 10.00. The average Bonchev–Trinajstić information content (AvgIpc) is 2.27. The number of amides is 1. The third-order valence-electron chi connectivity index (χ3n) is 3.00. The van der Waals surface area contributed by atoms with Gasteiger partial charge in [-0.2, -0.15) is 0 Å². The largest absolute Gasteiger partial charge is 0.449 e. The molecule has 0 bridgehead atoms. The van der Waals surface area contributed by atoms with Crippen LogP contribution in [0.5, 0.6) is 0 Å². The summed E-state index contributed by atoms with van der Waals surface area (Å²) in [6, 6.07) is 0. The lowest BCUT2D eigenvalue weighted by Crippen LogP contribution is -2.38. The number of piperidine rings is 1. The van der Waals surface area contributed by atoms with E-state index in [1.165, 1.54) is 12.8 Å². The van der Waals surface area contributed by atoms with Crippen LogP contribution in [0.4, 0.5) is 4.79 Å². The molecule has 15 heavy (non-hydrogen) atoms. The zero-order valence-corrected chi connectivity index (χ0v) is 10.00. The van der Waals surface area contributed by atoms with E-state index in [0.29, 0.717) is 6.61 Å². The second kappa shape index (κ2) is 6.70. The van der Waals surface area contributed by atoms with Gasteiger partial charge in [0.05, 0.1) is 6.61 Å². The number of ether oxygens (including phenoxy) is 1. The molecular weight excluding hydrogens is 190 g/mol. The molecular formula is C12H23NO2. The number of rotatable bonds is 4. The lowest BCUT2D eigenvalue weighted by atomic mass is 9.93. The molecule has 0 aromatic carbocycles. The molecule has 0 atom stereocenters. The van der Waals surface area contributed by atoms with Crippen LogP contribution in [0.15, 0.2) is 0 Å². The van der Waals surface area contributed by atoms with Crippen LogP contribution in [0, 0.1) is 5.92 Å². The van der Waals surface area contributed by atoms with Crippen LogP contribution >= 0.6 is 0 Å². The minimum atomic E-state index is -0.119. The molecule has 3 nitrogen and oxygen atoms in total. The van der Waals surface area contributed by atoms with Gasteiger partial charge in [0.2, 0.25) is 0 Å². The molecule has 0 aliphatic carbocycles. The van der Waals surface area contributed by atoms with E-state index in [1.54, 1.807) is 0 Å². The van der Waals surface area contributed by atoms with E-state index in [-0.39, 0.29) is 6.09 Å². The Labute approximate surface area is 92.8 Å². The SMILES string of the molecule is CCCOC(=O)N1CCC(CCC)CC1. The Morgan fingerprint density at radius 2 is 1.93 bits per heavy atom. The van der Waals surface area contributed by atoms with E-state index in [4.69, 9.17) is 4.74 Å². The second-order valence-electron chi connectivity index (χ2n) is 4.33. The predicted octanol–water partition coefficient (Wildman–Crippen LogP) is 3.05. The maximum Gasteiger partial charge on any atom is 0.409 e. The highest BCUT2D eigenvalue weighted by atomic mass is 16.6. The normalized spacial score (nSPS) is 17.9. The van der Waals surface area contributed by atoms with Crippen molar-refractivity contribution in [3.8, 4) is 0 Å². The second-order valence-corrected chi connectivity index (χ2v) is 4.33. The van der Waals surface area contributed by atoms with Gasteiger partial charge in [-0.25, -0.2) is 4.79 Å². The monoisotopic (exact) mass is 213 g/mol. The topological polar surface area (TPSA) is 29.5 Å². The Kier molecular flexibility index (Phi) is 5.51. The molecule has 3 heteroatoms. The van der Waals surface area contributed by atoms with Gasteiger partial charge in [-0.3, -0.25) is 0 Å². The Balaban J connectivity index is 2.21. The number of hydrogen-bond acceptors (Lipinski definition) is 2. The number of nitrogens with zero attached hydrogens (tertiary/aromatic N) is 1. The van der Waals surface area contributed by atoms with E-state index in [1.807, 2.05) is 11.8 Å². The van der Waals surface area contributed by atoms with Crippen LogP contribution in [-0.4, -0.2) is 30.7 Å². The fourth-order valence-electron chi connectivity index (χ4n) is 2.09. The molecule has 1 amide bonds. The quantitative estimate of drug-likeness (QED) is 0.718. The average molecular weight is 213 g/mol. The summed E-state index contributed by atoms with van der Waals surface area (Å²) in [5.41, 5.74) is 0.